The van der Waals surface area contributed by atoms with E-state index in [9.17, 15) is 4.79 Å². The Morgan fingerprint density at radius 1 is 1.35 bits per heavy atom. The van der Waals surface area contributed by atoms with Crippen molar-refractivity contribution in [3.8, 4) is 5.75 Å². The normalized spacial score (nSPS) is 10.5. The lowest BCUT2D eigenvalue weighted by Crippen LogP contribution is -2.01. The van der Waals surface area contributed by atoms with Crippen LogP contribution in [0.5, 0.6) is 5.75 Å². The van der Waals surface area contributed by atoms with E-state index in [2.05, 4.69) is 6.92 Å². The van der Waals surface area contributed by atoms with E-state index in [0.717, 1.165) is 24.2 Å². The summed E-state index contributed by atoms with van der Waals surface area (Å²) in [4.78, 5) is 11.3. The monoisotopic (exact) mass is 234 g/mol. The molecular formula is C14H18O3. The van der Waals surface area contributed by atoms with E-state index < -0.39 is 0 Å². The molecule has 0 N–H and O–H groups in total. The van der Waals surface area contributed by atoms with Crippen LogP contribution < -0.4 is 4.74 Å². The molecule has 0 aromatic heterocycles. The summed E-state index contributed by atoms with van der Waals surface area (Å²) in [6.45, 7) is 2.53. The van der Waals surface area contributed by atoms with Gasteiger partial charge in [-0.1, -0.05) is 31.5 Å². The Kier molecular flexibility index (Phi) is 5.86. The van der Waals surface area contributed by atoms with Crippen molar-refractivity contribution in [3.05, 3.63) is 35.9 Å². The molecule has 0 amide bonds. The molecule has 0 radical (unpaired) electrons. The molecular weight excluding hydrogens is 216 g/mol. The molecule has 0 aliphatic rings. The molecule has 3 heteroatoms. The zero-order valence-corrected chi connectivity index (χ0v) is 10.3. The highest BCUT2D eigenvalue weighted by Crippen LogP contribution is 2.18. The van der Waals surface area contributed by atoms with Crippen LogP contribution in [-0.2, 0) is 9.53 Å². The highest BCUT2D eigenvalue weighted by Gasteiger charge is 1.99. The summed E-state index contributed by atoms with van der Waals surface area (Å²) in [7, 11) is 1.60. The van der Waals surface area contributed by atoms with Gasteiger partial charge in [0.2, 0.25) is 0 Å². The van der Waals surface area contributed by atoms with Crippen LogP contribution in [0.4, 0.5) is 0 Å². The maximum Gasteiger partial charge on any atom is 0.330 e. The Morgan fingerprint density at radius 3 is 2.82 bits per heavy atom. The Hall–Kier alpha value is -1.77. The van der Waals surface area contributed by atoms with Crippen molar-refractivity contribution in [2.24, 2.45) is 0 Å². The maximum absolute atomic E-state index is 11.3. The highest BCUT2D eigenvalue weighted by molar-refractivity contribution is 5.87. The van der Waals surface area contributed by atoms with Crippen molar-refractivity contribution in [3.63, 3.8) is 0 Å². The summed E-state index contributed by atoms with van der Waals surface area (Å²) in [5.41, 5.74) is 0.863. The molecule has 0 bridgehead atoms. The van der Waals surface area contributed by atoms with Crippen molar-refractivity contribution in [2.75, 3.05) is 13.7 Å². The smallest absolute Gasteiger partial charge is 0.330 e. The van der Waals surface area contributed by atoms with E-state index in [1.807, 2.05) is 24.3 Å². The minimum atomic E-state index is -0.315. The van der Waals surface area contributed by atoms with Gasteiger partial charge in [-0.05, 0) is 18.6 Å². The van der Waals surface area contributed by atoms with E-state index >= 15 is 0 Å². The Bertz CT molecular complexity index is 383. The standard InChI is InChI=1S/C14H18O3/c1-3-4-11-17-14(15)10-9-12-7-5-6-8-13(12)16-2/h5-10H,3-4,11H2,1-2H3. The van der Waals surface area contributed by atoms with Crippen LogP contribution in [0.3, 0.4) is 0 Å². The quantitative estimate of drug-likeness (QED) is 0.431. The third kappa shape index (κ3) is 4.72. The maximum atomic E-state index is 11.3. The van der Waals surface area contributed by atoms with E-state index in [1.165, 1.54) is 6.08 Å². The van der Waals surface area contributed by atoms with Crippen LogP contribution in [0, 0.1) is 0 Å². The van der Waals surface area contributed by atoms with Crippen molar-refractivity contribution >= 4 is 12.0 Å². The average Bonchev–Trinajstić information content (AvgIpc) is 2.37. The average molecular weight is 234 g/mol. The van der Waals surface area contributed by atoms with Crippen molar-refractivity contribution in [2.45, 2.75) is 19.8 Å². The van der Waals surface area contributed by atoms with Crippen LogP contribution >= 0.6 is 0 Å². The molecule has 0 saturated heterocycles. The lowest BCUT2D eigenvalue weighted by molar-refractivity contribution is -0.137. The van der Waals surface area contributed by atoms with E-state index in [4.69, 9.17) is 9.47 Å². The molecule has 0 fully saturated rings. The summed E-state index contributed by atoms with van der Waals surface area (Å²) in [5.74, 6) is 0.425. The van der Waals surface area contributed by atoms with Gasteiger partial charge in [0.1, 0.15) is 5.75 Å². The van der Waals surface area contributed by atoms with Crippen molar-refractivity contribution < 1.29 is 14.3 Å². The largest absolute Gasteiger partial charge is 0.496 e. The third-order valence-electron chi connectivity index (χ3n) is 2.28. The van der Waals surface area contributed by atoms with E-state index in [0.29, 0.717) is 6.61 Å². The van der Waals surface area contributed by atoms with Gasteiger partial charge in [0.15, 0.2) is 0 Å². The van der Waals surface area contributed by atoms with Gasteiger partial charge in [0.25, 0.3) is 0 Å². The number of hydrogen-bond donors (Lipinski definition) is 0. The van der Waals surface area contributed by atoms with Crippen LogP contribution in [0.2, 0.25) is 0 Å². The fourth-order valence-electron chi connectivity index (χ4n) is 1.33. The van der Waals surface area contributed by atoms with Gasteiger partial charge in [-0.2, -0.15) is 0 Å². The van der Waals surface area contributed by atoms with Gasteiger partial charge in [-0.25, -0.2) is 4.79 Å². The van der Waals surface area contributed by atoms with E-state index in [-0.39, 0.29) is 5.97 Å². The van der Waals surface area contributed by atoms with Gasteiger partial charge in [0, 0.05) is 11.6 Å². The topological polar surface area (TPSA) is 35.5 Å². The summed E-state index contributed by atoms with van der Waals surface area (Å²) < 4.78 is 10.2. The van der Waals surface area contributed by atoms with Crippen molar-refractivity contribution in [1.82, 2.24) is 0 Å². The summed E-state index contributed by atoms with van der Waals surface area (Å²) >= 11 is 0. The number of rotatable bonds is 6. The Balaban J connectivity index is 2.54. The molecule has 1 aromatic rings. The number of carbonyl (C=O) groups is 1. The molecule has 0 heterocycles. The number of para-hydroxylation sites is 1. The third-order valence-corrected chi connectivity index (χ3v) is 2.28. The molecule has 1 rings (SSSR count). The first-order valence-electron chi connectivity index (χ1n) is 5.75. The SMILES string of the molecule is CCCCOC(=O)C=Cc1ccccc1OC. The molecule has 1 aromatic carbocycles. The molecule has 0 saturated carbocycles. The van der Waals surface area contributed by atoms with Crippen molar-refractivity contribution in [1.29, 1.82) is 0 Å². The Morgan fingerprint density at radius 2 is 2.12 bits per heavy atom. The van der Waals surface area contributed by atoms with Gasteiger partial charge >= 0.3 is 5.97 Å². The minimum absolute atomic E-state index is 0.315. The molecule has 0 aliphatic carbocycles. The van der Waals surface area contributed by atoms with Gasteiger partial charge in [-0.15, -0.1) is 0 Å². The van der Waals surface area contributed by atoms with Crippen LogP contribution in [0.25, 0.3) is 6.08 Å². The summed E-state index contributed by atoms with van der Waals surface area (Å²) in [6.07, 6.45) is 5.04. The molecule has 0 aliphatic heterocycles. The lowest BCUT2D eigenvalue weighted by atomic mass is 10.2. The molecule has 0 atom stereocenters. The number of hydrogen-bond acceptors (Lipinski definition) is 3. The number of carbonyl (C=O) groups excluding carboxylic acids is 1. The number of esters is 1. The predicted octanol–water partition coefficient (Wildman–Crippen LogP) is 3.05. The molecule has 3 nitrogen and oxygen atoms in total. The second-order valence-corrected chi connectivity index (χ2v) is 3.60. The Labute approximate surface area is 102 Å². The second-order valence-electron chi connectivity index (χ2n) is 3.60. The highest BCUT2D eigenvalue weighted by atomic mass is 16.5. The summed E-state index contributed by atoms with van der Waals surface area (Å²) in [5, 5.41) is 0. The second kappa shape index (κ2) is 7.49. The fraction of sp³-hybridized carbons (Fsp3) is 0.357. The van der Waals surface area contributed by atoms with E-state index in [1.54, 1.807) is 13.2 Å². The first-order valence-corrected chi connectivity index (χ1v) is 5.75. The summed E-state index contributed by atoms with van der Waals surface area (Å²) in [6, 6.07) is 7.51. The molecule has 0 unspecified atom stereocenters. The zero-order valence-electron chi connectivity index (χ0n) is 10.3. The van der Waals surface area contributed by atoms with Gasteiger partial charge < -0.3 is 9.47 Å². The lowest BCUT2D eigenvalue weighted by Gasteiger charge is -2.03. The first kappa shape index (κ1) is 13.3. The van der Waals surface area contributed by atoms with Crippen LogP contribution in [0.1, 0.15) is 25.3 Å². The fourth-order valence-corrected chi connectivity index (χ4v) is 1.33. The van der Waals surface area contributed by atoms with Gasteiger partial charge in [0.05, 0.1) is 13.7 Å². The zero-order chi connectivity index (χ0) is 12.5. The number of benzene rings is 1. The number of methoxy groups -OCH3 is 1. The number of unbranched alkanes of at least 4 members (excludes halogenated alkanes) is 1. The van der Waals surface area contributed by atoms with Crippen LogP contribution in [0.15, 0.2) is 30.3 Å². The minimum Gasteiger partial charge on any atom is -0.496 e. The number of ether oxygens (including phenoxy) is 2. The molecule has 92 valence electrons. The predicted molar refractivity (Wildman–Crippen MR) is 67.9 cm³/mol. The molecule has 0 spiro atoms. The first-order chi connectivity index (χ1) is 8.27. The van der Waals surface area contributed by atoms with Crippen LogP contribution in [-0.4, -0.2) is 19.7 Å². The van der Waals surface area contributed by atoms with Gasteiger partial charge in [-0.3, -0.25) is 0 Å². The molecule has 17 heavy (non-hydrogen) atoms.